The summed E-state index contributed by atoms with van der Waals surface area (Å²) in [7, 11) is 1.54. The quantitative estimate of drug-likeness (QED) is 0.767. The number of hydrogen-bond donors (Lipinski definition) is 1. The molecule has 28 heavy (non-hydrogen) atoms. The highest BCUT2D eigenvalue weighted by Crippen LogP contribution is 2.18. The summed E-state index contributed by atoms with van der Waals surface area (Å²) in [6.07, 6.45) is 0.785. The number of carbonyl (C=O) groups is 3. The summed E-state index contributed by atoms with van der Waals surface area (Å²) in [4.78, 5) is 37.8. The van der Waals surface area contributed by atoms with Gasteiger partial charge in [-0.25, -0.2) is 0 Å². The zero-order valence-corrected chi connectivity index (χ0v) is 15.6. The zero-order chi connectivity index (χ0) is 19.9. The standard InChI is InChI=1S/C21H22N2O5/c1-27-18-8-6-16(7-9-18)21(26)22-12-20(25)28-14-19(24)23-11-10-15-4-2-3-5-17(15)13-23/h2-9H,10-14H2,1H3,(H,22,26). The van der Waals surface area contributed by atoms with Gasteiger partial charge in [0.2, 0.25) is 0 Å². The van der Waals surface area contributed by atoms with Crippen molar-refractivity contribution >= 4 is 17.8 Å². The summed E-state index contributed by atoms with van der Waals surface area (Å²) in [6, 6.07) is 14.5. The van der Waals surface area contributed by atoms with Crippen molar-refractivity contribution in [2.75, 3.05) is 26.8 Å². The molecule has 0 radical (unpaired) electrons. The Morgan fingerprint density at radius 1 is 1.04 bits per heavy atom. The number of esters is 1. The average Bonchev–Trinajstić information content (AvgIpc) is 2.75. The van der Waals surface area contributed by atoms with Crippen LogP contribution < -0.4 is 10.1 Å². The van der Waals surface area contributed by atoms with Crippen LogP contribution in [0.5, 0.6) is 5.75 Å². The molecule has 0 bridgehead atoms. The van der Waals surface area contributed by atoms with Crippen LogP contribution in [0.25, 0.3) is 0 Å². The molecule has 1 aliphatic rings. The lowest BCUT2D eigenvalue weighted by Crippen LogP contribution is -2.39. The van der Waals surface area contributed by atoms with E-state index in [9.17, 15) is 14.4 Å². The first-order chi connectivity index (χ1) is 13.6. The number of fused-ring (bicyclic) bond motifs is 1. The van der Waals surface area contributed by atoms with Crippen molar-refractivity contribution in [3.63, 3.8) is 0 Å². The molecule has 146 valence electrons. The van der Waals surface area contributed by atoms with E-state index in [0.29, 0.717) is 24.4 Å². The summed E-state index contributed by atoms with van der Waals surface area (Å²) in [5.74, 6) is -0.676. The Bertz CT molecular complexity index is 863. The highest BCUT2D eigenvalue weighted by molar-refractivity contribution is 5.96. The van der Waals surface area contributed by atoms with Crippen LogP contribution in [0, 0.1) is 0 Å². The molecule has 0 aromatic heterocycles. The molecule has 7 nitrogen and oxygen atoms in total. The van der Waals surface area contributed by atoms with Crippen molar-refractivity contribution in [2.24, 2.45) is 0 Å². The fourth-order valence-corrected chi connectivity index (χ4v) is 2.99. The number of rotatable bonds is 6. The van der Waals surface area contributed by atoms with Crippen LogP contribution in [-0.2, 0) is 27.3 Å². The van der Waals surface area contributed by atoms with Gasteiger partial charge in [-0.1, -0.05) is 24.3 Å². The molecule has 1 aliphatic heterocycles. The number of hydrogen-bond acceptors (Lipinski definition) is 5. The maximum Gasteiger partial charge on any atom is 0.325 e. The zero-order valence-electron chi connectivity index (χ0n) is 15.6. The summed E-state index contributed by atoms with van der Waals surface area (Å²) in [5.41, 5.74) is 2.75. The normalized spacial score (nSPS) is 12.7. The Labute approximate surface area is 163 Å². The van der Waals surface area contributed by atoms with Crippen molar-refractivity contribution in [3.8, 4) is 5.75 Å². The van der Waals surface area contributed by atoms with E-state index in [4.69, 9.17) is 9.47 Å². The van der Waals surface area contributed by atoms with Gasteiger partial charge in [0, 0.05) is 18.7 Å². The second kappa shape index (κ2) is 9.03. The molecule has 1 heterocycles. The number of benzene rings is 2. The average molecular weight is 382 g/mol. The molecular formula is C21H22N2O5. The van der Waals surface area contributed by atoms with E-state index in [1.807, 2.05) is 18.2 Å². The van der Waals surface area contributed by atoms with Gasteiger partial charge in [0.25, 0.3) is 11.8 Å². The summed E-state index contributed by atoms with van der Waals surface area (Å²) in [5, 5.41) is 2.47. The molecule has 7 heteroatoms. The third-order valence-corrected chi connectivity index (χ3v) is 4.59. The number of nitrogens with zero attached hydrogens (tertiary/aromatic N) is 1. The first kappa shape index (κ1) is 19.4. The summed E-state index contributed by atoms with van der Waals surface area (Å²) < 4.78 is 10.0. The molecule has 0 fully saturated rings. The predicted molar refractivity (Wildman–Crippen MR) is 102 cm³/mol. The smallest absolute Gasteiger partial charge is 0.325 e. The van der Waals surface area contributed by atoms with Crippen molar-refractivity contribution < 1.29 is 23.9 Å². The Balaban J connectivity index is 1.41. The van der Waals surface area contributed by atoms with E-state index >= 15 is 0 Å². The topological polar surface area (TPSA) is 84.9 Å². The Hall–Kier alpha value is -3.35. The molecule has 3 rings (SSSR count). The van der Waals surface area contributed by atoms with Gasteiger partial charge in [0.05, 0.1) is 7.11 Å². The molecule has 2 amide bonds. The van der Waals surface area contributed by atoms with Crippen LogP contribution >= 0.6 is 0 Å². The molecule has 1 N–H and O–H groups in total. The molecule has 0 unspecified atom stereocenters. The molecule has 0 atom stereocenters. The third-order valence-electron chi connectivity index (χ3n) is 4.59. The highest BCUT2D eigenvalue weighted by Gasteiger charge is 2.21. The maximum atomic E-state index is 12.3. The maximum absolute atomic E-state index is 12.3. The largest absolute Gasteiger partial charge is 0.497 e. The number of ether oxygens (including phenoxy) is 2. The molecule has 0 saturated carbocycles. The minimum atomic E-state index is -0.660. The molecule has 0 spiro atoms. The monoisotopic (exact) mass is 382 g/mol. The first-order valence-electron chi connectivity index (χ1n) is 8.99. The highest BCUT2D eigenvalue weighted by atomic mass is 16.5. The predicted octanol–water partition coefficient (Wildman–Crippen LogP) is 1.55. The molecule has 2 aromatic rings. The van der Waals surface area contributed by atoms with Gasteiger partial charge in [-0.2, -0.15) is 0 Å². The van der Waals surface area contributed by atoms with Crippen molar-refractivity contribution in [1.82, 2.24) is 10.2 Å². The number of nitrogens with one attached hydrogen (secondary N) is 1. The molecule has 0 aliphatic carbocycles. The second-order valence-corrected chi connectivity index (χ2v) is 6.41. The molecule has 0 saturated heterocycles. The lowest BCUT2D eigenvalue weighted by molar-refractivity contribution is -0.151. The van der Waals surface area contributed by atoms with Crippen molar-refractivity contribution in [3.05, 3.63) is 65.2 Å². The Kier molecular flexibility index (Phi) is 6.26. The SMILES string of the molecule is COc1ccc(C(=O)NCC(=O)OCC(=O)N2CCc3ccccc3C2)cc1. The second-order valence-electron chi connectivity index (χ2n) is 6.41. The fourth-order valence-electron chi connectivity index (χ4n) is 2.99. The van der Waals surface area contributed by atoms with Gasteiger partial charge in [-0.05, 0) is 41.8 Å². The van der Waals surface area contributed by atoms with E-state index in [1.54, 1.807) is 29.2 Å². The van der Waals surface area contributed by atoms with E-state index in [0.717, 1.165) is 12.0 Å². The van der Waals surface area contributed by atoms with Gasteiger partial charge in [0.15, 0.2) is 6.61 Å². The van der Waals surface area contributed by atoms with E-state index in [-0.39, 0.29) is 19.1 Å². The van der Waals surface area contributed by atoms with Gasteiger partial charge in [-0.3, -0.25) is 14.4 Å². The Morgan fingerprint density at radius 2 is 1.75 bits per heavy atom. The van der Waals surface area contributed by atoms with Gasteiger partial charge >= 0.3 is 5.97 Å². The minimum absolute atomic E-state index is 0.246. The van der Waals surface area contributed by atoms with Crippen LogP contribution in [0.3, 0.4) is 0 Å². The van der Waals surface area contributed by atoms with Crippen molar-refractivity contribution in [2.45, 2.75) is 13.0 Å². The third kappa shape index (κ3) is 4.88. The minimum Gasteiger partial charge on any atom is -0.497 e. The van der Waals surface area contributed by atoms with Crippen LogP contribution in [0.1, 0.15) is 21.5 Å². The van der Waals surface area contributed by atoms with Crippen LogP contribution in [-0.4, -0.2) is 49.5 Å². The van der Waals surface area contributed by atoms with Gasteiger partial charge < -0.3 is 19.7 Å². The van der Waals surface area contributed by atoms with Gasteiger partial charge in [0.1, 0.15) is 12.3 Å². The first-order valence-corrected chi connectivity index (χ1v) is 8.99. The summed E-state index contributed by atoms with van der Waals surface area (Å²) in [6.45, 7) is 0.475. The lowest BCUT2D eigenvalue weighted by atomic mass is 10.00. The summed E-state index contributed by atoms with van der Waals surface area (Å²) >= 11 is 0. The molecular weight excluding hydrogens is 360 g/mol. The van der Waals surface area contributed by atoms with E-state index in [1.165, 1.54) is 12.7 Å². The van der Waals surface area contributed by atoms with Crippen LogP contribution in [0.4, 0.5) is 0 Å². The fraction of sp³-hybridized carbons (Fsp3) is 0.286. The van der Waals surface area contributed by atoms with Crippen LogP contribution in [0.15, 0.2) is 48.5 Å². The van der Waals surface area contributed by atoms with E-state index < -0.39 is 11.9 Å². The Morgan fingerprint density at radius 3 is 2.46 bits per heavy atom. The van der Waals surface area contributed by atoms with E-state index in [2.05, 4.69) is 11.4 Å². The number of carbonyl (C=O) groups excluding carboxylic acids is 3. The van der Waals surface area contributed by atoms with Crippen molar-refractivity contribution in [1.29, 1.82) is 0 Å². The lowest BCUT2D eigenvalue weighted by Gasteiger charge is -2.28. The number of amides is 2. The van der Waals surface area contributed by atoms with Crippen LogP contribution in [0.2, 0.25) is 0 Å². The van der Waals surface area contributed by atoms with Gasteiger partial charge in [-0.15, -0.1) is 0 Å². The number of methoxy groups -OCH3 is 1. The molecule has 2 aromatic carbocycles.